The SMILES string of the molecule is CCC(=O)N(Cc1c(-c2ccccc2)noc1N1CCCC1)C[C@@H]1CCCO1. The monoisotopic (exact) mass is 383 g/mol. The number of benzene rings is 1. The molecule has 2 fully saturated rings. The van der Waals surface area contributed by atoms with E-state index in [1.54, 1.807) is 0 Å². The first-order valence-electron chi connectivity index (χ1n) is 10.4. The molecular formula is C22H29N3O3. The van der Waals surface area contributed by atoms with E-state index in [2.05, 4.69) is 10.1 Å². The Morgan fingerprint density at radius 3 is 2.68 bits per heavy atom. The highest BCUT2D eigenvalue weighted by Crippen LogP contribution is 2.34. The van der Waals surface area contributed by atoms with Crippen LogP contribution in [0.1, 0.15) is 44.6 Å². The summed E-state index contributed by atoms with van der Waals surface area (Å²) in [6.07, 6.45) is 5.02. The van der Waals surface area contributed by atoms with Crippen LogP contribution in [-0.4, -0.2) is 48.3 Å². The van der Waals surface area contributed by atoms with Crippen LogP contribution in [0.3, 0.4) is 0 Å². The minimum absolute atomic E-state index is 0.130. The van der Waals surface area contributed by atoms with Gasteiger partial charge < -0.3 is 19.1 Å². The number of hydrogen-bond donors (Lipinski definition) is 0. The molecule has 3 heterocycles. The van der Waals surface area contributed by atoms with Crippen molar-refractivity contribution in [1.82, 2.24) is 10.1 Å². The molecule has 0 bridgehead atoms. The van der Waals surface area contributed by atoms with Gasteiger partial charge in [0.1, 0.15) is 5.69 Å². The number of rotatable bonds is 7. The zero-order valence-electron chi connectivity index (χ0n) is 16.6. The Morgan fingerprint density at radius 1 is 1.21 bits per heavy atom. The maximum absolute atomic E-state index is 12.7. The molecule has 2 aromatic rings. The van der Waals surface area contributed by atoms with E-state index in [0.29, 0.717) is 19.5 Å². The summed E-state index contributed by atoms with van der Waals surface area (Å²) in [5.41, 5.74) is 2.87. The fourth-order valence-corrected chi connectivity index (χ4v) is 4.14. The lowest BCUT2D eigenvalue weighted by Gasteiger charge is -2.26. The van der Waals surface area contributed by atoms with Gasteiger partial charge in [0.25, 0.3) is 0 Å². The van der Waals surface area contributed by atoms with Gasteiger partial charge in [-0.15, -0.1) is 0 Å². The summed E-state index contributed by atoms with van der Waals surface area (Å²) >= 11 is 0. The summed E-state index contributed by atoms with van der Waals surface area (Å²) < 4.78 is 11.6. The van der Waals surface area contributed by atoms with Gasteiger partial charge in [0.05, 0.1) is 18.2 Å². The normalized spacial score (nSPS) is 19.3. The molecular weight excluding hydrogens is 354 g/mol. The molecule has 0 radical (unpaired) electrons. The van der Waals surface area contributed by atoms with Crippen LogP contribution >= 0.6 is 0 Å². The predicted octanol–water partition coefficient (Wildman–Crippen LogP) is 3.86. The molecule has 1 aromatic carbocycles. The van der Waals surface area contributed by atoms with Gasteiger partial charge in [-0.05, 0) is 25.7 Å². The maximum atomic E-state index is 12.7. The maximum Gasteiger partial charge on any atom is 0.232 e. The molecule has 6 nitrogen and oxygen atoms in total. The van der Waals surface area contributed by atoms with Gasteiger partial charge in [-0.3, -0.25) is 4.79 Å². The molecule has 2 aliphatic rings. The molecule has 0 spiro atoms. The first-order chi connectivity index (χ1) is 13.8. The fourth-order valence-electron chi connectivity index (χ4n) is 4.14. The second-order valence-electron chi connectivity index (χ2n) is 7.64. The molecule has 1 aromatic heterocycles. The molecule has 1 atom stereocenters. The Balaban J connectivity index is 1.66. The van der Waals surface area contributed by atoms with Gasteiger partial charge in [-0.2, -0.15) is 0 Å². The number of carbonyl (C=O) groups excluding carboxylic acids is 1. The third-order valence-electron chi connectivity index (χ3n) is 5.66. The van der Waals surface area contributed by atoms with Crippen LogP contribution in [0.25, 0.3) is 11.3 Å². The van der Waals surface area contributed by atoms with E-state index < -0.39 is 0 Å². The molecule has 2 aliphatic heterocycles. The molecule has 2 saturated heterocycles. The Hall–Kier alpha value is -2.34. The lowest BCUT2D eigenvalue weighted by atomic mass is 10.1. The Labute approximate surface area is 166 Å². The van der Waals surface area contributed by atoms with Crippen LogP contribution in [0.15, 0.2) is 34.9 Å². The number of ether oxygens (including phenoxy) is 1. The van der Waals surface area contributed by atoms with Crippen molar-refractivity contribution >= 4 is 11.8 Å². The quantitative estimate of drug-likeness (QED) is 0.727. The van der Waals surface area contributed by atoms with Crippen LogP contribution in [0, 0.1) is 0 Å². The van der Waals surface area contributed by atoms with Gasteiger partial charge in [-0.25, -0.2) is 0 Å². The number of hydrogen-bond acceptors (Lipinski definition) is 5. The van der Waals surface area contributed by atoms with Crippen molar-refractivity contribution in [3.63, 3.8) is 0 Å². The van der Waals surface area contributed by atoms with Crippen LogP contribution in [-0.2, 0) is 16.1 Å². The molecule has 6 heteroatoms. The largest absolute Gasteiger partial charge is 0.376 e. The van der Waals surface area contributed by atoms with Crippen LogP contribution in [0.5, 0.6) is 0 Å². The van der Waals surface area contributed by atoms with Gasteiger partial charge in [0, 0.05) is 38.2 Å². The molecule has 1 amide bonds. The van der Waals surface area contributed by atoms with E-state index in [-0.39, 0.29) is 12.0 Å². The molecule has 0 unspecified atom stereocenters. The molecule has 28 heavy (non-hydrogen) atoms. The highest BCUT2D eigenvalue weighted by Gasteiger charge is 2.29. The van der Waals surface area contributed by atoms with Crippen molar-refractivity contribution in [2.75, 3.05) is 31.1 Å². The molecule has 0 aliphatic carbocycles. The van der Waals surface area contributed by atoms with Gasteiger partial charge in [-0.1, -0.05) is 42.4 Å². The molecule has 0 N–H and O–H groups in total. The molecule has 150 valence electrons. The first kappa shape index (κ1) is 19.0. The topological polar surface area (TPSA) is 58.8 Å². The van der Waals surface area contributed by atoms with Crippen LogP contribution in [0.2, 0.25) is 0 Å². The summed E-state index contributed by atoms with van der Waals surface area (Å²) in [5.74, 6) is 0.959. The van der Waals surface area contributed by atoms with E-state index in [9.17, 15) is 4.79 Å². The standard InChI is InChI=1S/C22H29N3O3/c1-2-20(26)25(15-18-11-8-14-27-18)16-19-21(17-9-4-3-5-10-17)23-28-22(19)24-12-6-7-13-24/h3-5,9-10,18H,2,6-8,11-16H2,1H3/t18-/m0/s1. The first-order valence-corrected chi connectivity index (χ1v) is 10.4. The fraction of sp³-hybridized carbons (Fsp3) is 0.545. The third-order valence-corrected chi connectivity index (χ3v) is 5.66. The van der Waals surface area contributed by atoms with Gasteiger partial charge in [0.2, 0.25) is 11.8 Å². The van der Waals surface area contributed by atoms with Crippen LogP contribution < -0.4 is 4.90 Å². The van der Waals surface area contributed by atoms with E-state index in [1.165, 1.54) is 0 Å². The summed E-state index contributed by atoms with van der Waals surface area (Å²) in [6, 6.07) is 10.1. The van der Waals surface area contributed by atoms with Crippen molar-refractivity contribution in [3.05, 3.63) is 35.9 Å². The zero-order valence-corrected chi connectivity index (χ0v) is 16.6. The van der Waals surface area contributed by atoms with Crippen LogP contribution in [0.4, 0.5) is 5.88 Å². The lowest BCUT2D eigenvalue weighted by molar-refractivity contribution is -0.133. The Morgan fingerprint density at radius 2 is 2.00 bits per heavy atom. The van der Waals surface area contributed by atoms with E-state index in [0.717, 1.165) is 68.1 Å². The van der Waals surface area contributed by atoms with E-state index >= 15 is 0 Å². The van der Waals surface area contributed by atoms with Crippen molar-refractivity contribution in [2.45, 2.75) is 51.7 Å². The smallest absolute Gasteiger partial charge is 0.232 e. The zero-order chi connectivity index (χ0) is 19.3. The van der Waals surface area contributed by atoms with Gasteiger partial charge >= 0.3 is 0 Å². The Bertz CT molecular complexity index is 778. The number of amides is 1. The predicted molar refractivity (Wildman–Crippen MR) is 108 cm³/mol. The third kappa shape index (κ3) is 4.07. The van der Waals surface area contributed by atoms with Gasteiger partial charge in [0.15, 0.2) is 0 Å². The lowest BCUT2D eigenvalue weighted by Crippen LogP contribution is -2.37. The number of aromatic nitrogens is 1. The second kappa shape index (κ2) is 8.78. The van der Waals surface area contributed by atoms with Crippen molar-refractivity contribution in [3.8, 4) is 11.3 Å². The molecule has 4 rings (SSSR count). The highest BCUT2D eigenvalue weighted by atomic mass is 16.5. The van der Waals surface area contributed by atoms with Crippen molar-refractivity contribution in [1.29, 1.82) is 0 Å². The summed E-state index contributed by atoms with van der Waals surface area (Å²) in [6.45, 7) is 5.80. The summed E-state index contributed by atoms with van der Waals surface area (Å²) in [4.78, 5) is 16.9. The Kier molecular flexibility index (Phi) is 5.95. The van der Waals surface area contributed by atoms with Crippen molar-refractivity contribution in [2.24, 2.45) is 0 Å². The average Bonchev–Trinajstić information content (AvgIpc) is 3.49. The minimum atomic E-state index is 0.130. The minimum Gasteiger partial charge on any atom is -0.376 e. The van der Waals surface area contributed by atoms with E-state index in [1.807, 2.05) is 42.2 Å². The number of carbonyl (C=O) groups is 1. The summed E-state index contributed by atoms with van der Waals surface area (Å²) in [5, 5.41) is 4.42. The average molecular weight is 383 g/mol. The second-order valence-corrected chi connectivity index (χ2v) is 7.64. The highest BCUT2D eigenvalue weighted by molar-refractivity contribution is 5.77. The van der Waals surface area contributed by atoms with E-state index in [4.69, 9.17) is 9.26 Å². The molecule has 0 saturated carbocycles. The van der Waals surface area contributed by atoms with Crippen molar-refractivity contribution < 1.29 is 14.1 Å². The number of nitrogens with zero attached hydrogens (tertiary/aromatic N) is 3. The number of anilines is 1. The summed E-state index contributed by atoms with van der Waals surface area (Å²) in [7, 11) is 0.